The van der Waals surface area contributed by atoms with Crippen LogP contribution in [0.2, 0.25) is 0 Å². The fourth-order valence-corrected chi connectivity index (χ4v) is 2.15. The second-order valence-electron chi connectivity index (χ2n) is 5.04. The van der Waals surface area contributed by atoms with Crippen LogP contribution in [0.5, 0.6) is 0 Å². The fourth-order valence-electron chi connectivity index (χ4n) is 2.15. The van der Waals surface area contributed by atoms with E-state index < -0.39 is 0 Å². The highest BCUT2D eigenvalue weighted by molar-refractivity contribution is 5.86. The van der Waals surface area contributed by atoms with E-state index in [0.717, 1.165) is 45.6 Å². The summed E-state index contributed by atoms with van der Waals surface area (Å²) in [6.45, 7) is 5.88. The number of rotatable bonds is 14. The smallest absolute Gasteiger partial charge is 0.000671 e. The zero-order valence-electron chi connectivity index (χ0n) is 13.7. The van der Waals surface area contributed by atoms with Crippen molar-refractivity contribution in [3.8, 4) is 0 Å². The van der Waals surface area contributed by atoms with Crippen LogP contribution in [0, 0.1) is 0 Å². The van der Waals surface area contributed by atoms with Crippen molar-refractivity contribution in [2.24, 2.45) is 17.2 Å². The van der Waals surface area contributed by atoms with Gasteiger partial charge in [0.2, 0.25) is 0 Å². The molecule has 0 unspecified atom stereocenters. The second kappa shape index (κ2) is 29.9. The molecule has 22 heavy (non-hydrogen) atoms. The molecule has 0 atom stereocenters. The zero-order chi connectivity index (χ0) is 13.5. The number of hydrogen-bond donors (Lipinski definition) is 3. The first-order valence-corrected chi connectivity index (χ1v) is 7.67. The van der Waals surface area contributed by atoms with Crippen LogP contribution < -0.4 is 17.2 Å². The number of halogens is 4. The number of nitrogens with zero attached hydrogens (tertiary/aromatic N) is 1. The lowest BCUT2D eigenvalue weighted by Gasteiger charge is -2.21. The van der Waals surface area contributed by atoms with Gasteiger partial charge in [-0.2, -0.15) is 0 Å². The molecular weight excluding hydrogens is 366 g/mol. The van der Waals surface area contributed by atoms with Crippen molar-refractivity contribution in [3.05, 3.63) is 0 Å². The summed E-state index contributed by atoms with van der Waals surface area (Å²) < 4.78 is 0. The van der Waals surface area contributed by atoms with Crippen molar-refractivity contribution in [2.75, 3.05) is 39.3 Å². The Bertz CT molecular complexity index is 160. The van der Waals surface area contributed by atoms with E-state index in [0.29, 0.717) is 0 Å². The Hall–Kier alpha value is 1.000. The maximum atomic E-state index is 5.57. The van der Waals surface area contributed by atoms with E-state index in [1.807, 2.05) is 0 Å². The van der Waals surface area contributed by atoms with Crippen LogP contribution >= 0.6 is 49.6 Å². The predicted octanol–water partition coefficient (Wildman–Crippen LogP) is 2.97. The quantitative estimate of drug-likeness (QED) is 0.389. The lowest BCUT2D eigenvalue weighted by Crippen LogP contribution is -2.29. The Morgan fingerprint density at radius 2 is 0.727 bits per heavy atom. The van der Waals surface area contributed by atoms with Gasteiger partial charge in [-0.05, 0) is 65.0 Å². The van der Waals surface area contributed by atoms with E-state index in [4.69, 9.17) is 17.2 Å². The average Bonchev–Trinajstić information content (AvgIpc) is 2.40. The van der Waals surface area contributed by atoms with Crippen molar-refractivity contribution < 1.29 is 0 Å². The third-order valence-corrected chi connectivity index (χ3v) is 3.29. The highest BCUT2D eigenvalue weighted by Crippen LogP contribution is 2.06. The molecule has 0 aliphatic rings. The molecule has 0 saturated heterocycles. The molecule has 0 saturated carbocycles. The number of nitrogens with two attached hydrogens (primary N) is 3. The van der Waals surface area contributed by atoms with Crippen molar-refractivity contribution in [1.82, 2.24) is 4.90 Å². The summed E-state index contributed by atoms with van der Waals surface area (Å²) in [5.41, 5.74) is 16.6. The van der Waals surface area contributed by atoms with Gasteiger partial charge in [0.15, 0.2) is 0 Å². The van der Waals surface area contributed by atoms with Gasteiger partial charge in [-0.3, -0.25) is 0 Å². The molecule has 0 aromatic carbocycles. The first-order chi connectivity index (χ1) is 8.85. The topological polar surface area (TPSA) is 81.3 Å². The standard InChI is InChI=1S/C14H34N4.4ClH/c15-9-5-3-1-2-4-6-12-18(13-7-10-16)14-8-11-17;;;;/h1-17H2;4*1H. The minimum atomic E-state index is 0. The Kier molecular flexibility index (Phi) is 46.8. The molecule has 0 aliphatic carbocycles. The summed E-state index contributed by atoms with van der Waals surface area (Å²) in [7, 11) is 0. The Morgan fingerprint density at radius 1 is 0.409 bits per heavy atom. The molecule has 0 bridgehead atoms. The highest BCUT2D eigenvalue weighted by Gasteiger charge is 2.03. The normalized spacial score (nSPS) is 9.27. The summed E-state index contributed by atoms with van der Waals surface area (Å²) in [6.07, 6.45) is 10.00. The molecular formula is C14H38Cl4N4. The van der Waals surface area contributed by atoms with E-state index in [9.17, 15) is 0 Å². The van der Waals surface area contributed by atoms with E-state index in [1.54, 1.807) is 0 Å². The van der Waals surface area contributed by atoms with E-state index in [-0.39, 0.29) is 49.6 Å². The molecule has 6 N–H and O–H groups in total. The summed E-state index contributed by atoms with van der Waals surface area (Å²) in [5.74, 6) is 0. The summed E-state index contributed by atoms with van der Waals surface area (Å²) >= 11 is 0. The van der Waals surface area contributed by atoms with Gasteiger partial charge in [0.1, 0.15) is 0 Å². The van der Waals surface area contributed by atoms with Crippen molar-refractivity contribution in [2.45, 2.75) is 51.4 Å². The number of hydrogen-bond acceptors (Lipinski definition) is 4. The fraction of sp³-hybridized carbons (Fsp3) is 1.00. The molecule has 0 aromatic rings. The van der Waals surface area contributed by atoms with Crippen molar-refractivity contribution in [1.29, 1.82) is 0 Å². The van der Waals surface area contributed by atoms with E-state index in [1.165, 1.54) is 45.1 Å². The second-order valence-corrected chi connectivity index (χ2v) is 5.04. The lowest BCUT2D eigenvalue weighted by atomic mass is 10.1. The molecule has 4 nitrogen and oxygen atoms in total. The largest absolute Gasteiger partial charge is 0.330 e. The van der Waals surface area contributed by atoms with Gasteiger partial charge < -0.3 is 22.1 Å². The first kappa shape index (κ1) is 34.4. The third-order valence-electron chi connectivity index (χ3n) is 3.29. The Balaban J connectivity index is -0.000000241. The molecule has 0 aliphatic heterocycles. The molecule has 0 fully saturated rings. The third kappa shape index (κ3) is 25.9. The van der Waals surface area contributed by atoms with Crippen LogP contribution in [-0.4, -0.2) is 44.2 Å². The van der Waals surface area contributed by atoms with Crippen LogP contribution in [-0.2, 0) is 0 Å². The molecule has 0 amide bonds. The zero-order valence-corrected chi connectivity index (χ0v) is 17.0. The van der Waals surface area contributed by atoms with Crippen LogP contribution in [0.25, 0.3) is 0 Å². The van der Waals surface area contributed by atoms with Crippen molar-refractivity contribution in [3.63, 3.8) is 0 Å². The monoisotopic (exact) mass is 402 g/mol. The van der Waals surface area contributed by atoms with Crippen LogP contribution in [0.15, 0.2) is 0 Å². The van der Waals surface area contributed by atoms with E-state index in [2.05, 4.69) is 4.90 Å². The van der Waals surface area contributed by atoms with Gasteiger partial charge in [0.05, 0.1) is 0 Å². The summed E-state index contributed by atoms with van der Waals surface area (Å²) in [4.78, 5) is 2.51. The molecule has 0 heterocycles. The lowest BCUT2D eigenvalue weighted by molar-refractivity contribution is 0.263. The molecule has 0 spiro atoms. The maximum Gasteiger partial charge on any atom is -0.000671 e. The minimum absolute atomic E-state index is 0. The Labute approximate surface area is 162 Å². The van der Waals surface area contributed by atoms with Crippen molar-refractivity contribution >= 4 is 49.6 Å². The summed E-state index contributed by atoms with van der Waals surface area (Å²) in [6, 6.07) is 0. The predicted molar refractivity (Wildman–Crippen MR) is 110 cm³/mol. The molecule has 0 radical (unpaired) electrons. The first-order valence-electron chi connectivity index (χ1n) is 7.67. The SMILES string of the molecule is Cl.Cl.Cl.Cl.NCCCCCCCCN(CCCN)CCCN. The van der Waals surface area contributed by atoms with Gasteiger partial charge in [-0.25, -0.2) is 0 Å². The molecule has 0 rings (SSSR count). The average molecular weight is 404 g/mol. The van der Waals surface area contributed by atoms with Gasteiger partial charge in [-0.1, -0.05) is 25.7 Å². The van der Waals surface area contributed by atoms with Crippen LogP contribution in [0.4, 0.5) is 0 Å². The van der Waals surface area contributed by atoms with Gasteiger partial charge in [0, 0.05) is 0 Å². The van der Waals surface area contributed by atoms with E-state index >= 15 is 0 Å². The highest BCUT2D eigenvalue weighted by atomic mass is 35.5. The van der Waals surface area contributed by atoms with Gasteiger partial charge in [0.25, 0.3) is 0 Å². The maximum absolute atomic E-state index is 5.57. The minimum Gasteiger partial charge on any atom is -0.330 e. The Morgan fingerprint density at radius 3 is 1.14 bits per heavy atom. The van der Waals surface area contributed by atoms with Gasteiger partial charge >= 0.3 is 0 Å². The molecule has 8 heteroatoms. The summed E-state index contributed by atoms with van der Waals surface area (Å²) in [5, 5.41) is 0. The molecule has 0 aromatic heterocycles. The number of unbranched alkanes of at least 4 members (excludes halogenated alkanes) is 5. The van der Waals surface area contributed by atoms with Crippen LogP contribution in [0.3, 0.4) is 0 Å². The van der Waals surface area contributed by atoms with Gasteiger partial charge in [-0.15, -0.1) is 49.6 Å². The molecule has 142 valence electrons. The van der Waals surface area contributed by atoms with Crippen LogP contribution in [0.1, 0.15) is 51.4 Å².